The van der Waals surface area contributed by atoms with Crippen LogP contribution in [0.1, 0.15) is 28.2 Å². The highest BCUT2D eigenvalue weighted by Crippen LogP contribution is 2.50. The molecule has 0 atom stereocenters. The molecule has 0 amide bonds. The van der Waals surface area contributed by atoms with Crippen LogP contribution in [0.5, 0.6) is 0 Å². The van der Waals surface area contributed by atoms with E-state index in [0.29, 0.717) is 6.61 Å². The molecule has 0 radical (unpaired) electrons. The first-order valence-electron chi connectivity index (χ1n) is 4.57. The van der Waals surface area contributed by atoms with Crippen molar-refractivity contribution in [1.29, 1.82) is 0 Å². The Morgan fingerprint density at radius 2 is 2.23 bits per heavy atom. The van der Waals surface area contributed by atoms with Gasteiger partial charge in [0.05, 0.1) is 6.61 Å². The van der Waals surface area contributed by atoms with Gasteiger partial charge < -0.3 is 4.84 Å². The molecule has 2 rings (SSSR count). The average Bonchev–Trinajstić information content (AvgIpc) is 2.74. The predicted octanol–water partition coefficient (Wildman–Crippen LogP) is 2.29. The van der Waals surface area contributed by atoms with Gasteiger partial charge in [-0.1, -0.05) is 0 Å². The molecule has 1 fully saturated rings. The lowest BCUT2D eigenvalue weighted by atomic mass is 9.98. The summed E-state index contributed by atoms with van der Waals surface area (Å²) in [5.41, 5.74) is 1.73. The van der Waals surface area contributed by atoms with Crippen molar-refractivity contribution < 1.29 is 4.84 Å². The van der Waals surface area contributed by atoms with Crippen molar-refractivity contribution in [2.45, 2.75) is 32.1 Å². The van der Waals surface area contributed by atoms with Crippen LogP contribution in [-0.2, 0) is 10.3 Å². The molecule has 0 aromatic carbocycles. The average molecular weight is 197 g/mol. The number of nitrogens with two attached hydrogens (primary N) is 1. The molecule has 2 nitrogen and oxygen atoms in total. The first kappa shape index (κ1) is 9.19. The van der Waals surface area contributed by atoms with E-state index in [1.165, 1.54) is 28.2 Å². The molecule has 13 heavy (non-hydrogen) atoms. The summed E-state index contributed by atoms with van der Waals surface area (Å²) < 4.78 is 0. The Morgan fingerprint density at radius 1 is 1.54 bits per heavy atom. The molecule has 1 aliphatic carbocycles. The van der Waals surface area contributed by atoms with E-state index >= 15 is 0 Å². The van der Waals surface area contributed by atoms with E-state index in [-0.39, 0.29) is 5.41 Å². The zero-order chi connectivity index (χ0) is 9.47. The summed E-state index contributed by atoms with van der Waals surface area (Å²) in [5.74, 6) is 5.15. The quantitative estimate of drug-likeness (QED) is 0.754. The molecule has 1 aromatic rings. The number of hydrogen-bond acceptors (Lipinski definition) is 3. The van der Waals surface area contributed by atoms with Gasteiger partial charge in [0.25, 0.3) is 0 Å². The molecular formula is C10H15NOS. The normalized spacial score (nSPS) is 19.0. The Morgan fingerprint density at radius 3 is 2.62 bits per heavy atom. The van der Waals surface area contributed by atoms with Crippen LogP contribution in [0.3, 0.4) is 0 Å². The minimum atomic E-state index is 0.267. The largest absolute Gasteiger partial charge is 0.304 e. The fraction of sp³-hybridized carbons (Fsp3) is 0.600. The zero-order valence-electron chi connectivity index (χ0n) is 8.09. The van der Waals surface area contributed by atoms with Gasteiger partial charge in [-0.2, -0.15) is 0 Å². The summed E-state index contributed by atoms with van der Waals surface area (Å²) in [6, 6.07) is 2.28. The number of aryl methyl sites for hydroxylation is 2. The van der Waals surface area contributed by atoms with Gasteiger partial charge in [0, 0.05) is 15.2 Å². The lowest BCUT2D eigenvalue weighted by molar-refractivity contribution is 0.116. The van der Waals surface area contributed by atoms with Crippen molar-refractivity contribution in [3.63, 3.8) is 0 Å². The van der Waals surface area contributed by atoms with Crippen LogP contribution < -0.4 is 5.90 Å². The predicted molar refractivity (Wildman–Crippen MR) is 54.8 cm³/mol. The Bertz CT molecular complexity index is 315. The van der Waals surface area contributed by atoms with Crippen molar-refractivity contribution in [3.05, 3.63) is 21.4 Å². The third-order valence-corrected chi connectivity index (χ3v) is 3.79. The van der Waals surface area contributed by atoms with Crippen LogP contribution >= 0.6 is 11.3 Å². The first-order valence-corrected chi connectivity index (χ1v) is 5.39. The van der Waals surface area contributed by atoms with E-state index in [4.69, 9.17) is 10.7 Å². The van der Waals surface area contributed by atoms with Crippen LogP contribution in [0.25, 0.3) is 0 Å². The van der Waals surface area contributed by atoms with Crippen LogP contribution in [0.2, 0.25) is 0 Å². The molecule has 0 unspecified atom stereocenters. The molecule has 3 heteroatoms. The summed E-state index contributed by atoms with van der Waals surface area (Å²) in [4.78, 5) is 7.60. The topological polar surface area (TPSA) is 35.2 Å². The molecular weight excluding hydrogens is 182 g/mol. The van der Waals surface area contributed by atoms with E-state index in [1.807, 2.05) is 11.3 Å². The molecule has 1 aliphatic rings. The number of rotatable bonds is 3. The van der Waals surface area contributed by atoms with Crippen molar-refractivity contribution in [2.75, 3.05) is 6.61 Å². The van der Waals surface area contributed by atoms with E-state index in [1.54, 1.807) is 0 Å². The Hall–Kier alpha value is -0.380. The molecule has 1 aromatic heterocycles. The van der Waals surface area contributed by atoms with Gasteiger partial charge in [-0.3, -0.25) is 0 Å². The van der Waals surface area contributed by atoms with Crippen molar-refractivity contribution in [3.8, 4) is 0 Å². The number of hydrogen-bond donors (Lipinski definition) is 1. The SMILES string of the molecule is Cc1cc(C2(CON)CC2)c(C)s1. The van der Waals surface area contributed by atoms with Crippen LogP contribution in [0.15, 0.2) is 6.07 Å². The zero-order valence-corrected chi connectivity index (χ0v) is 8.91. The summed E-state index contributed by atoms with van der Waals surface area (Å²) in [5, 5.41) is 0. The van der Waals surface area contributed by atoms with Crippen LogP contribution in [-0.4, -0.2) is 6.61 Å². The lowest BCUT2D eigenvalue weighted by Gasteiger charge is -2.12. The fourth-order valence-electron chi connectivity index (χ4n) is 1.96. The highest BCUT2D eigenvalue weighted by atomic mass is 32.1. The van der Waals surface area contributed by atoms with E-state index in [0.717, 1.165) is 0 Å². The van der Waals surface area contributed by atoms with E-state index in [2.05, 4.69) is 19.9 Å². The second-order valence-electron chi connectivity index (χ2n) is 3.92. The van der Waals surface area contributed by atoms with Gasteiger partial charge in [-0.25, -0.2) is 5.90 Å². The highest BCUT2D eigenvalue weighted by molar-refractivity contribution is 7.12. The Labute approximate surface area is 82.7 Å². The van der Waals surface area contributed by atoms with E-state index in [9.17, 15) is 0 Å². The summed E-state index contributed by atoms with van der Waals surface area (Å²) in [6.45, 7) is 5.01. The molecule has 1 heterocycles. The van der Waals surface area contributed by atoms with E-state index < -0.39 is 0 Å². The summed E-state index contributed by atoms with van der Waals surface area (Å²) in [6.07, 6.45) is 2.45. The molecule has 0 saturated heterocycles. The van der Waals surface area contributed by atoms with Crippen molar-refractivity contribution >= 4 is 11.3 Å². The van der Waals surface area contributed by atoms with Gasteiger partial charge in [0.1, 0.15) is 0 Å². The summed E-state index contributed by atoms with van der Waals surface area (Å²) in [7, 11) is 0. The van der Waals surface area contributed by atoms with Gasteiger partial charge in [0.15, 0.2) is 0 Å². The third kappa shape index (κ3) is 1.52. The lowest BCUT2D eigenvalue weighted by Crippen LogP contribution is -2.18. The molecule has 0 aliphatic heterocycles. The second kappa shape index (κ2) is 3.08. The molecule has 0 spiro atoms. The highest BCUT2D eigenvalue weighted by Gasteiger charge is 2.46. The Balaban J connectivity index is 2.29. The smallest absolute Gasteiger partial charge is 0.0776 e. The maximum absolute atomic E-state index is 5.15. The van der Waals surface area contributed by atoms with Crippen LogP contribution in [0.4, 0.5) is 0 Å². The minimum Gasteiger partial charge on any atom is -0.304 e. The molecule has 0 bridgehead atoms. The fourth-order valence-corrected chi connectivity index (χ4v) is 3.00. The standard InChI is InChI=1S/C10H15NOS/c1-7-5-9(8(2)13-7)10(3-4-10)6-12-11/h5H,3-4,6,11H2,1-2H3. The van der Waals surface area contributed by atoms with Gasteiger partial charge in [-0.15, -0.1) is 11.3 Å². The van der Waals surface area contributed by atoms with Gasteiger partial charge >= 0.3 is 0 Å². The second-order valence-corrected chi connectivity index (χ2v) is 5.38. The van der Waals surface area contributed by atoms with Crippen molar-refractivity contribution in [1.82, 2.24) is 0 Å². The van der Waals surface area contributed by atoms with Gasteiger partial charge in [0.2, 0.25) is 0 Å². The maximum atomic E-state index is 5.15. The summed E-state index contributed by atoms with van der Waals surface area (Å²) >= 11 is 1.87. The first-order chi connectivity index (χ1) is 6.18. The monoisotopic (exact) mass is 197 g/mol. The molecule has 2 N–H and O–H groups in total. The number of thiophene rings is 1. The minimum absolute atomic E-state index is 0.267. The molecule has 1 saturated carbocycles. The van der Waals surface area contributed by atoms with Crippen LogP contribution in [0, 0.1) is 13.8 Å². The third-order valence-electron chi connectivity index (χ3n) is 2.83. The van der Waals surface area contributed by atoms with Gasteiger partial charge in [-0.05, 0) is 38.3 Å². The molecule has 72 valence electrons. The maximum Gasteiger partial charge on any atom is 0.0776 e. The van der Waals surface area contributed by atoms with Crippen molar-refractivity contribution in [2.24, 2.45) is 5.90 Å². The Kier molecular flexibility index (Phi) is 2.18.